The molecule has 9 heteroatoms. The highest BCUT2D eigenvalue weighted by atomic mass is 79.9. The van der Waals surface area contributed by atoms with Gasteiger partial charge in [0.1, 0.15) is 27.2 Å². The summed E-state index contributed by atoms with van der Waals surface area (Å²) in [6.45, 7) is 0. The molecule has 2 aromatic carbocycles. The fourth-order valence-corrected chi connectivity index (χ4v) is 3.16. The van der Waals surface area contributed by atoms with Crippen molar-refractivity contribution in [3.8, 4) is 22.6 Å². The van der Waals surface area contributed by atoms with Gasteiger partial charge in [-0.2, -0.15) is 0 Å². The molecule has 0 aliphatic carbocycles. The lowest BCUT2D eigenvalue weighted by Crippen LogP contribution is -2.35. The summed E-state index contributed by atoms with van der Waals surface area (Å²) in [5.74, 6) is 0.0986. The molecular weight excluding hydrogens is 406 g/mol. The van der Waals surface area contributed by atoms with E-state index >= 15 is 0 Å². The summed E-state index contributed by atoms with van der Waals surface area (Å²) in [5.41, 5.74) is 1.86. The predicted octanol–water partition coefficient (Wildman–Crippen LogP) is 4.59. The lowest BCUT2D eigenvalue weighted by Gasteiger charge is -2.19. The van der Waals surface area contributed by atoms with Gasteiger partial charge in [-0.3, -0.25) is 0 Å². The van der Waals surface area contributed by atoms with E-state index in [1.807, 2.05) is 0 Å². The number of benzene rings is 2. The maximum atomic E-state index is 12.2. The van der Waals surface area contributed by atoms with Gasteiger partial charge >= 0.3 is 6.36 Å². The number of rotatable bonds is 2. The molecule has 0 aromatic heterocycles. The Kier molecular flexibility index (Phi) is 4.33. The van der Waals surface area contributed by atoms with Crippen LogP contribution in [-0.2, 0) is 6.42 Å². The highest BCUT2D eigenvalue weighted by Gasteiger charge is 2.34. The Balaban J connectivity index is 2.02. The van der Waals surface area contributed by atoms with Crippen LogP contribution < -0.4 is 9.47 Å². The topological polar surface area (TPSA) is 18.5 Å². The first-order chi connectivity index (χ1) is 11.1. The van der Waals surface area contributed by atoms with Gasteiger partial charge in [-0.05, 0) is 46.1 Å². The monoisotopic (exact) mass is 412 g/mol. The Labute approximate surface area is 152 Å². The van der Waals surface area contributed by atoms with Gasteiger partial charge in [0.05, 0.1) is 5.02 Å². The number of alkyl halides is 3. The van der Waals surface area contributed by atoms with Crippen LogP contribution in [0.25, 0.3) is 11.1 Å². The average molecular weight is 413 g/mol. The van der Waals surface area contributed by atoms with Crippen LogP contribution in [0.15, 0.2) is 34.8 Å². The van der Waals surface area contributed by atoms with Crippen LogP contribution in [0.5, 0.6) is 11.5 Å². The van der Waals surface area contributed by atoms with Gasteiger partial charge in [0, 0.05) is 21.0 Å². The summed E-state index contributed by atoms with van der Waals surface area (Å²) in [6.07, 6.45) is -4.53. The molecule has 1 aliphatic heterocycles. The zero-order valence-corrected chi connectivity index (χ0v) is 14.3. The maximum absolute atomic E-state index is 12.2. The van der Waals surface area contributed by atoms with Crippen molar-refractivity contribution in [2.24, 2.45) is 0 Å². The van der Waals surface area contributed by atoms with Crippen molar-refractivity contribution in [1.29, 1.82) is 0 Å². The van der Waals surface area contributed by atoms with Gasteiger partial charge < -0.3 is 9.47 Å². The van der Waals surface area contributed by atoms with E-state index < -0.39 is 11.8 Å². The summed E-state index contributed by atoms with van der Waals surface area (Å²) in [6, 6.07) is 7.08. The van der Waals surface area contributed by atoms with Crippen LogP contribution in [0.4, 0.5) is 13.2 Å². The molecule has 0 saturated carbocycles. The first-order valence-corrected chi connectivity index (χ1v) is 7.87. The Morgan fingerprint density at radius 2 is 1.83 bits per heavy atom. The van der Waals surface area contributed by atoms with Crippen molar-refractivity contribution in [1.82, 2.24) is 0 Å². The number of hydrogen-bond donors (Lipinski definition) is 0. The normalized spacial score (nSPS) is 15.7. The zero-order chi connectivity index (χ0) is 17.7. The van der Waals surface area contributed by atoms with Crippen molar-refractivity contribution in [2.45, 2.75) is 18.2 Å². The van der Waals surface area contributed by atoms with E-state index in [-0.39, 0.29) is 12.2 Å². The van der Waals surface area contributed by atoms with Crippen molar-refractivity contribution in [3.05, 3.63) is 45.4 Å². The van der Waals surface area contributed by atoms with E-state index in [0.717, 1.165) is 0 Å². The van der Waals surface area contributed by atoms with Crippen molar-refractivity contribution >= 4 is 43.2 Å². The summed E-state index contributed by atoms with van der Waals surface area (Å²) in [5, 5.41) is -0.954. The molecule has 0 saturated heterocycles. The SMILES string of the molecule is [B]C1([B])Cc2c(Cl)c(Br)cc(-c3ccc(OC(F)(F)F)cc3)c2O1. The van der Waals surface area contributed by atoms with Crippen LogP contribution >= 0.6 is 27.5 Å². The molecule has 2 aromatic rings. The van der Waals surface area contributed by atoms with Gasteiger partial charge in [-0.1, -0.05) is 23.7 Å². The van der Waals surface area contributed by atoms with Crippen molar-refractivity contribution < 1.29 is 22.6 Å². The summed E-state index contributed by atoms with van der Waals surface area (Å²) in [7, 11) is 11.6. The van der Waals surface area contributed by atoms with E-state index in [9.17, 15) is 13.2 Å². The molecule has 0 amide bonds. The molecule has 0 spiro atoms. The number of fused-ring (bicyclic) bond motifs is 1. The molecule has 2 nitrogen and oxygen atoms in total. The Bertz CT molecular complexity index is 795. The molecular formula is C15H7B2BrClF3O2. The van der Waals surface area contributed by atoms with E-state index in [1.165, 1.54) is 24.3 Å². The average Bonchev–Trinajstić information content (AvgIpc) is 2.78. The molecule has 1 heterocycles. The van der Waals surface area contributed by atoms with Gasteiger partial charge in [-0.15, -0.1) is 13.2 Å². The van der Waals surface area contributed by atoms with E-state index in [1.54, 1.807) is 6.07 Å². The fourth-order valence-electron chi connectivity index (χ4n) is 2.49. The van der Waals surface area contributed by atoms with Gasteiger partial charge in [0.15, 0.2) is 0 Å². The molecule has 0 atom stereocenters. The molecule has 120 valence electrons. The lowest BCUT2D eigenvalue weighted by atomic mass is 9.63. The smallest absolute Gasteiger partial charge is 0.506 e. The van der Waals surface area contributed by atoms with Gasteiger partial charge in [0.2, 0.25) is 0 Å². The minimum Gasteiger partial charge on any atom is -0.506 e. The van der Waals surface area contributed by atoms with E-state index in [4.69, 9.17) is 32.0 Å². The van der Waals surface area contributed by atoms with Crippen LogP contribution in [0.1, 0.15) is 5.56 Å². The Hall–Kier alpha value is -1.27. The Morgan fingerprint density at radius 3 is 2.42 bits per heavy atom. The molecule has 0 fully saturated rings. The van der Waals surface area contributed by atoms with Crippen molar-refractivity contribution in [3.63, 3.8) is 0 Å². The second kappa shape index (κ2) is 5.92. The molecule has 1 aliphatic rings. The van der Waals surface area contributed by atoms with Crippen LogP contribution in [0.3, 0.4) is 0 Å². The fraction of sp³-hybridized carbons (Fsp3) is 0.200. The van der Waals surface area contributed by atoms with E-state index in [2.05, 4.69) is 20.7 Å². The van der Waals surface area contributed by atoms with Crippen molar-refractivity contribution in [2.75, 3.05) is 0 Å². The molecule has 0 bridgehead atoms. The lowest BCUT2D eigenvalue weighted by molar-refractivity contribution is -0.274. The summed E-state index contributed by atoms with van der Waals surface area (Å²) >= 11 is 9.59. The third kappa shape index (κ3) is 3.54. The molecule has 4 radical (unpaired) electrons. The highest BCUT2D eigenvalue weighted by molar-refractivity contribution is 9.10. The van der Waals surface area contributed by atoms with E-state index in [0.29, 0.717) is 31.9 Å². The summed E-state index contributed by atoms with van der Waals surface area (Å²) < 4.78 is 46.7. The minimum absolute atomic E-state index is 0.211. The molecule has 24 heavy (non-hydrogen) atoms. The standard InChI is InChI=1S/C15H7B2BrClF3O2/c16-14(17)6-10-12(19)11(18)5-9(13(10)24-14)7-1-3-8(4-2-7)23-15(20,21)22/h1-5H,6H2. The number of hydrogen-bond acceptors (Lipinski definition) is 2. The highest BCUT2D eigenvalue weighted by Crippen LogP contribution is 2.47. The van der Waals surface area contributed by atoms with Gasteiger partial charge in [-0.25, -0.2) is 0 Å². The zero-order valence-electron chi connectivity index (χ0n) is 12.0. The predicted molar refractivity (Wildman–Crippen MR) is 89.8 cm³/mol. The quantitative estimate of drug-likeness (QED) is 0.671. The summed E-state index contributed by atoms with van der Waals surface area (Å²) in [4.78, 5) is 0. The third-order valence-electron chi connectivity index (χ3n) is 3.41. The molecule has 0 unspecified atom stereocenters. The third-order valence-corrected chi connectivity index (χ3v) is 4.69. The first-order valence-electron chi connectivity index (χ1n) is 6.69. The minimum atomic E-state index is -4.74. The first kappa shape index (κ1) is 17.5. The Morgan fingerprint density at radius 1 is 1.21 bits per heavy atom. The molecule has 3 rings (SSSR count). The van der Waals surface area contributed by atoms with Crippen LogP contribution in [-0.4, -0.2) is 27.5 Å². The van der Waals surface area contributed by atoms with Gasteiger partial charge in [0.25, 0.3) is 0 Å². The number of halogens is 5. The maximum Gasteiger partial charge on any atom is 0.573 e. The number of ether oxygens (including phenoxy) is 2. The van der Waals surface area contributed by atoms with Crippen LogP contribution in [0.2, 0.25) is 5.02 Å². The van der Waals surface area contributed by atoms with Crippen LogP contribution in [0, 0.1) is 0 Å². The second-order valence-corrected chi connectivity index (χ2v) is 6.57. The molecule has 0 N–H and O–H groups in total. The largest absolute Gasteiger partial charge is 0.573 e. The second-order valence-electron chi connectivity index (χ2n) is 5.33.